The maximum atomic E-state index is 5.26. The lowest BCUT2D eigenvalue weighted by Crippen LogP contribution is -2.37. The molecule has 0 saturated carbocycles. The first-order valence-electron chi connectivity index (χ1n) is 7.07. The lowest BCUT2D eigenvalue weighted by Gasteiger charge is -2.17. The summed E-state index contributed by atoms with van der Waals surface area (Å²) >= 11 is 3.56. The van der Waals surface area contributed by atoms with Crippen molar-refractivity contribution in [1.82, 2.24) is 0 Å². The van der Waals surface area contributed by atoms with E-state index in [9.17, 15) is 0 Å². The van der Waals surface area contributed by atoms with Crippen LogP contribution in [-0.4, -0.2) is 15.2 Å². The van der Waals surface area contributed by atoms with Crippen LogP contribution in [-0.2, 0) is 6.54 Å². The fraction of sp³-hybridized carbons (Fsp3) is 0.294. The summed E-state index contributed by atoms with van der Waals surface area (Å²) in [7, 11) is 0.474. The minimum atomic E-state index is -1.21. The van der Waals surface area contributed by atoms with Crippen molar-refractivity contribution in [3.05, 3.63) is 52.5 Å². The van der Waals surface area contributed by atoms with Gasteiger partial charge in [0, 0.05) is 17.1 Å². The van der Waals surface area contributed by atoms with Crippen LogP contribution in [0.1, 0.15) is 5.56 Å². The zero-order valence-electron chi connectivity index (χ0n) is 13.0. The number of ether oxygens (including phenoxy) is 1. The second-order valence-electron chi connectivity index (χ2n) is 6.15. The molecule has 1 N–H and O–H groups in total. The number of anilines is 1. The molecule has 0 aromatic heterocycles. The molecule has 2 aromatic carbocycles. The third-order valence-corrected chi connectivity index (χ3v) is 6.23. The molecule has 0 atom stereocenters. The normalized spacial score (nSPS) is 11.3. The van der Waals surface area contributed by atoms with Crippen LogP contribution in [0.15, 0.2) is 46.9 Å². The zero-order valence-corrected chi connectivity index (χ0v) is 15.6. The molecule has 0 aliphatic rings. The number of methoxy groups -OCH3 is 1. The Balaban J connectivity index is 2.06. The molecule has 0 aliphatic carbocycles. The van der Waals surface area contributed by atoms with E-state index < -0.39 is 8.07 Å². The molecular formula is C17H22BrNOSi. The second kappa shape index (κ2) is 6.67. The van der Waals surface area contributed by atoms with Crippen LogP contribution in [0, 0.1) is 0 Å². The van der Waals surface area contributed by atoms with Crippen LogP contribution in [0.2, 0.25) is 19.6 Å². The van der Waals surface area contributed by atoms with Gasteiger partial charge >= 0.3 is 0 Å². The van der Waals surface area contributed by atoms with Crippen molar-refractivity contribution in [2.45, 2.75) is 26.2 Å². The third-order valence-electron chi connectivity index (χ3n) is 3.48. The van der Waals surface area contributed by atoms with Gasteiger partial charge in [0.15, 0.2) is 0 Å². The van der Waals surface area contributed by atoms with Crippen molar-refractivity contribution in [2.75, 3.05) is 12.4 Å². The highest BCUT2D eigenvalue weighted by Gasteiger charge is 2.15. The smallest absolute Gasteiger partial charge is 0.121 e. The molecule has 2 rings (SSSR count). The number of benzene rings is 2. The molecule has 21 heavy (non-hydrogen) atoms. The van der Waals surface area contributed by atoms with Gasteiger partial charge in [-0.15, -0.1) is 0 Å². The first-order chi connectivity index (χ1) is 9.90. The first-order valence-corrected chi connectivity index (χ1v) is 11.4. The van der Waals surface area contributed by atoms with E-state index in [1.165, 1.54) is 10.8 Å². The average molecular weight is 364 g/mol. The number of nitrogens with one attached hydrogen (secondary N) is 1. The van der Waals surface area contributed by atoms with E-state index in [1.54, 1.807) is 7.11 Å². The number of hydrogen-bond donors (Lipinski definition) is 1. The highest BCUT2D eigenvalue weighted by Crippen LogP contribution is 2.27. The Kier molecular flexibility index (Phi) is 5.11. The summed E-state index contributed by atoms with van der Waals surface area (Å²) in [5.74, 6) is 0.856. The average Bonchev–Trinajstić information content (AvgIpc) is 2.46. The molecule has 0 radical (unpaired) electrons. The fourth-order valence-electron chi connectivity index (χ4n) is 2.09. The SMILES string of the molecule is COc1ccc(Br)c(NCc2ccc([Si](C)(C)C)cc2)c1. The van der Waals surface area contributed by atoms with Gasteiger partial charge in [-0.1, -0.05) is 49.1 Å². The van der Waals surface area contributed by atoms with Gasteiger partial charge in [0.05, 0.1) is 20.9 Å². The Bertz CT molecular complexity index is 605. The Labute approximate surface area is 136 Å². The van der Waals surface area contributed by atoms with Crippen molar-refractivity contribution in [3.63, 3.8) is 0 Å². The molecule has 0 heterocycles. The fourth-order valence-corrected chi connectivity index (χ4v) is 3.64. The van der Waals surface area contributed by atoms with Crippen LogP contribution < -0.4 is 15.2 Å². The topological polar surface area (TPSA) is 21.3 Å². The van der Waals surface area contributed by atoms with Crippen LogP contribution >= 0.6 is 15.9 Å². The summed E-state index contributed by atoms with van der Waals surface area (Å²) in [4.78, 5) is 0. The van der Waals surface area contributed by atoms with Crippen LogP contribution in [0.5, 0.6) is 5.75 Å². The van der Waals surface area contributed by atoms with Crippen molar-refractivity contribution < 1.29 is 4.74 Å². The zero-order chi connectivity index (χ0) is 15.5. The molecule has 0 bridgehead atoms. The van der Waals surface area contributed by atoms with Gasteiger partial charge in [0.25, 0.3) is 0 Å². The maximum Gasteiger partial charge on any atom is 0.121 e. The summed E-state index contributed by atoms with van der Waals surface area (Å²) in [5, 5.41) is 4.94. The minimum absolute atomic E-state index is 0.803. The quantitative estimate of drug-likeness (QED) is 0.782. The van der Waals surface area contributed by atoms with E-state index in [1.807, 2.05) is 18.2 Å². The van der Waals surface area contributed by atoms with E-state index >= 15 is 0 Å². The Morgan fingerprint density at radius 1 is 1.05 bits per heavy atom. The summed E-state index contributed by atoms with van der Waals surface area (Å²) < 4.78 is 6.30. The predicted octanol–water partition coefficient (Wildman–Crippen LogP) is 4.62. The van der Waals surface area contributed by atoms with Gasteiger partial charge in [-0.05, 0) is 33.6 Å². The van der Waals surface area contributed by atoms with Gasteiger partial charge < -0.3 is 10.1 Å². The van der Waals surface area contributed by atoms with Gasteiger partial charge in [-0.3, -0.25) is 0 Å². The van der Waals surface area contributed by atoms with Gasteiger partial charge in [-0.2, -0.15) is 0 Å². The summed E-state index contributed by atoms with van der Waals surface area (Å²) in [5.41, 5.74) is 2.33. The summed E-state index contributed by atoms with van der Waals surface area (Å²) in [6.45, 7) is 7.91. The van der Waals surface area contributed by atoms with Gasteiger partial charge in [0.1, 0.15) is 5.75 Å². The number of halogens is 1. The molecule has 112 valence electrons. The number of hydrogen-bond acceptors (Lipinski definition) is 2. The minimum Gasteiger partial charge on any atom is -0.497 e. The van der Waals surface area contributed by atoms with Crippen LogP contribution in [0.4, 0.5) is 5.69 Å². The Morgan fingerprint density at radius 3 is 2.29 bits per heavy atom. The van der Waals surface area contributed by atoms with Gasteiger partial charge in [-0.25, -0.2) is 0 Å². The third kappa shape index (κ3) is 4.35. The molecule has 0 saturated heterocycles. The Morgan fingerprint density at radius 2 is 1.71 bits per heavy atom. The lowest BCUT2D eigenvalue weighted by atomic mass is 10.2. The lowest BCUT2D eigenvalue weighted by molar-refractivity contribution is 0.415. The standard InChI is InChI=1S/C17H22BrNOSi/c1-20-14-7-10-16(18)17(11-14)19-12-13-5-8-15(9-6-13)21(2,3)4/h5-11,19H,12H2,1-4H3. The van der Waals surface area contributed by atoms with E-state index in [-0.39, 0.29) is 0 Å². The summed E-state index contributed by atoms with van der Waals surface area (Å²) in [6, 6.07) is 14.9. The first kappa shape index (κ1) is 16.1. The largest absolute Gasteiger partial charge is 0.497 e. The van der Waals surface area contributed by atoms with Crippen LogP contribution in [0.25, 0.3) is 0 Å². The molecule has 4 heteroatoms. The number of rotatable bonds is 5. The molecular weight excluding hydrogens is 342 g/mol. The van der Waals surface area contributed by atoms with E-state index in [2.05, 4.69) is 65.2 Å². The van der Waals surface area contributed by atoms with Crippen molar-refractivity contribution in [3.8, 4) is 5.75 Å². The van der Waals surface area contributed by atoms with Crippen LogP contribution in [0.3, 0.4) is 0 Å². The highest BCUT2D eigenvalue weighted by molar-refractivity contribution is 9.10. The van der Waals surface area contributed by atoms with E-state index in [0.29, 0.717) is 0 Å². The molecule has 2 nitrogen and oxygen atoms in total. The Hall–Kier alpha value is -1.26. The highest BCUT2D eigenvalue weighted by atomic mass is 79.9. The van der Waals surface area contributed by atoms with Crippen molar-refractivity contribution in [1.29, 1.82) is 0 Å². The van der Waals surface area contributed by atoms with E-state index in [4.69, 9.17) is 4.74 Å². The molecule has 0 spiro atoms. The summed E-state index contributed by atoms with van der Waals surface area (Å²) in [6.07, 6.45) is 0. The monoisotopic (exact) mass is 363 g/mol. The second-order valence-corrected chi connectivity index (χ2v) is 12.1. The maximum absolute atomic E-state index is 5.26. The molecule has 2 aromatic rings. The van der Waals surface area contributed by atoms with Crippen molar-refractivity contribution in [2.24, 2.45) is 0 Å². The molecule has 0 unspecified atom stereocenters. The predicted molar refractivity (Wildman–Crippen MR) is 97.4 cm³/mol. The van der Waals surface area contributed by atoms with Crippen molar-refractivity contribution >= 4 is 34.9 Å². The van der Waals surface area contributed by atoms with Gasteiger partial charge in [0.2, 0.25) is 0 Å². The molecule has 0 amide bonds. The molecule has 0 fully saturated rings. The van der Waals surface area contributed by atoms with E-state index in [0.717, 1.165) is 22.5 Å². The molecule has 0 aliphatic heterocycles.